The Labute approximate surface area is 113 Å². The molecule has 0 saturated carbocycles. The molecule has 3 rings (SSSR count). The van der Waals surface area contributed by atoms with Gasteiger partial charge < -0.3 is 14.6 Å². The molecular weight excluding hydrogens is 244 g/mol. The Hall–Kier alpha value is -1.13. The van der Waals surface area contributed by atoms with E-state index in [1.54, 1.807) is 0 Å². The summed E-state index contributed by atoms with van der Waals surface area (Å²) >= 11 is 0. The monoisotopic (exact) mass is 264 g/mol. The van der Waals surface area contributed by atoms with Crippen molar-refractivity contribution in [2.24, 2.45) is 5.92 Å². The molecule has 2 fully saturated rings. The second-order valence-electron chi connectivity index (χ2n) is 6.09. The van der Waals surface area contributed by atoms with E-state index < -0.39 is 6.10 Å². The fourth-order valence-corrected chi connectivity index (χ4v) is 3.20. The van der Waals surface area contributed by atoms with Gasteiger partial charge in [-0.25, -0.2) is 4.79 Å². The normalized spacial score (nSPS) is 48.7. The van der Waals surface area contributed by atoms with E-state index in [0.29, 0.717) is 12.0 Å². The van der Waals surface area contributed by atoms with Gasteiger partial charge in [-0.05, 0) is 38.7 Å². The zero-order chi connectivity index (χ0) is 13.8. The summed E-state index contributed by atoms with van der Waals surface area (Å²) in [7, 11) is 0. The van der Waals surface area contributed by atoms with Gasteiger partial charge in [-0.15, -0.1) is 0 Å². The van der Waals surface area contributed by atoms with Crippen molar-refractivity contribution in [3.63, 3.8) is 0 Å². The van der Waals surface area contributed by atoms with Crippen molar-refractivity contribution in [1.82, 2.24) is 0 Å². The molecule has 0 bridgehead atoms. The van der Waals surface area contributed by atoms with Gasteiger partial charge in [0.15, 0.2) is 0 Å². The number of carbonyl (C=O) groups is 1. The molecule has 19 heavy (non-hydrogen) atoms. The maximum absolute atomic E-state index is 11.7. The van der Waals surface area contributed by atoms with Gasteiger partial charge in [-0.1, -0.05) is 12.7 Å². The molecule has 0 aromatic rings. The standard InChI is InChI=1S/C15H20O4/c1-8-5-4-6-15(3)13(19-15)12-10(7-11(8)16)9(2)14(17)18-12/h5,10-13,16H,2,4,6-7H2,1,3H3/b8-5-/t10-,11-,12-,13-,15+/m0/s1. The number of allylic oxidation sites excluding steroid dienone is 1. The van der Waals surface area contributed by atoms with Crippen LogP contribution in [-0.2, 0) is 14.3 Å². The molecular formula is C15H20O4. The molecule has 0 aromatic heterocycles. The predicted octanol–water partition coefficient (Wildman–Crippen LogP) is 1.73. The van der Waals surface area contributed by atoms with Crippen LogP contribution in [0.15, 0.2) is 23.8 Å². The number of rotatable bonds is 0. The van der Waals surface area contributed by atoms with Crippen LogP contribution in [-0.4, -0.2) is 35.0 Å². The van der Waals surface area contributed by atoms with Crippen LogP contribution in [0.4, 0.5) is 0 Å². The zero-order valence-corrected chi connectivity index (χ0v) is 11.4. The van der Waals surface area contributed by atoms with Gasteiger partial charge >= 0.3 is 5.97 Å². The second-order valence-corrected chi connectivity index (χ2v) is 6.09. The van der Waals surface area contributed by atoms with Gasteiger partial charge in [0, 0.05) is 11.5 Å². The maximum Gasteiger partial charge on any atom is 0.334 e. The Morgan fingerprint density at radius 1 is 1.53 bits per heavy atom. The molecule has 4 nitrogen and oxygen atoms in total. The molecule has 0 amide bonds. The summed E-state index contributed by atoms with van der Waals surface area (Å²) in [5, 5.41) is 10.2. The van der Waals surface area contributed by atoms with Gasteiger partial charge in [0.25, 0.3) is 0 Å². The van der Waals surface area contributed by atoms with Crippen molar-refractivity contribution in [3.8, 4) is 0 Å². The third-order valence-electron chi connectivity index (χ3n) is 4.70. The molecule has 104 valence electrons. The SMILES string of the molecule is C=C1C(=O)O[C@H]2[C@H]1C[C@H](O)/C(C)=C\CC[C@@]1(C)O[C@@H]21. The van der Waals surface area contributed by atoms with E-state index >= 15 is 0 Å². The zero-order valence-electron chi connectivity index (χ0n) is 11.4. The topological polar surface area (TPSA) is 59.1 Å². The van der Waals surface area contributed by atoms with Crippen molar-refractivity contribution in [3.05, 3.63) is 23.8 Å². The van der Waals surface area contributed by atoms with Gasteiger partial charge in [0.05, 0.1) is 11.7 Å². The van der Waals surface area contributed by atoms with Crippen LogP contribution >= 0.6 is 0 Å². The van der Waals surface area contributed by atoms with Gasteiger partial charge in [-0.2, -0.15) is 0 Å². The molecule has 3 aliphatic rings. The molecule has 0 aromatic carbocycles. The van der Waals surface area contributed by atoms with Crippen molar-refractivity contribution in [2.45, 2.75) is 57.0 Å². The third-order valence-corrected chi connectivity index (χ3v) is 4.70. The highest BCUT2D eigenvalue weighted by Crippen LogP contribution is 2.49. The van der Waals surface area contributed by atoms with Crippen molar-refractivity contribution >= 4 is 5.97 Å². The number of fused-ring (bicyclic) bond motifs is 3. The van der Waals surface area contributed by atoms with E-state index in [1.807, 2.05) is 6.92 Å². The number of hydrogen-bond acceptors (Lipinski definition) is 4. The Morgan fingerprint density at radius 3 is 3.00 bits per heavy atom. The Balaban J connectivity index is 1.91. The summed E-state index contributed by atoms with van der Waals surface area (Å²) in [6.07, 6.45) is 3.42. The van der Waals surface area contributed by atoms with Gasteiger partial charge in [-0.3, -0.25) is 0 Å². The van der Waals surface area contributed by atoms with Gasteiger partial charge in [0.1, 0.15) is 12.2 Å². The molecule has 0 spiro atoms. The maximum atomic E-state index is 11.7. The average molecular weight is 264 g/mol. The smallest absolute Gasteiger partial charge is 0.334 e. The number of carbonyl (C=O) groups excluding carboxylic acids is 1. The van der Waals surface area contributed by atoms with Crippen LogP contribution in [0.5, 0.6) is 0 Å². The van der Waals surface area contributed by atoms with Crippen LogP contribution < -0.4 is 0 Å². The van der Waals surface area contributed by atoms with Crippen LogP contribution in [0.25, 0.3) is 0 Å². The molecule has 2 saturated heterocycles. The fourth-order valence-electron chi connectivity index (χ4n) is 3.20. The Kier molecular flexibility index (Phi) is 2.84. The van der Waals surface area contributed by atoms with Crippen molar-refractivity contribution in [1.29, 1.82) is 0 Å². The highest BCUT2D eigenvalue weighted by Gasteiger charge is 2.61. The fraction of sp³-hybridized carbons (Fsp3) is 0.667. The largest absolute Gasteiger partial charge is 0.455 e. The van der Waals surface area contributed by atoms with E-state index in [-0.39, 0.29) is 29.7 Å². The summed E-state index contributed by atoms with van der Waals surface area (Å²) < 4.78 is 11.2. The van der Waals surface area contributed by atoms with Crippen LogP contribution in [0.1, 0.15) is 33.1 Å². The minimum Gasteiger partial charge on any atom is -0.455 e. The number of esters is 1. The lowest BCUT2D eigenvalue weighted by Gasteiger charge is -2.22. The van der Waals surface area contributed by atoms with Gasteiger partial charge in [0.2, 0.25) is 0 Å². The van der Waals surface area contributed by atoms with E-state index in [9.17, 15) is 9.90 Å². The van der Waals surface area contributed by atoms with E-state index in [2.05, 4.69) is 19.6 Å². The van der Waals surface area contributed by atoms with Crippen molar-refractivity contribution < 1.29 is 19.4 Å². The van der Waals surface area contributed by atoms with Crippen LogP contribution in [0.3, 0.4) is 0 Å². The average Bonchev–Trinajstić information content (AvgIpc) is 2.95. The number of aliphatic hydroxyl groups excluding tert-OH is 1. The predicted molar refractivity (Wildman–Crippen MR) is 69.4 cm³/mol. The first kappa shape index (κ1) is 12.9. The molecule has 0 unspecified atom stereocenters. The minimum atomic E-state index is -0.540. The lowest BCUT2D eigenvalue weighted by molar-refractivity contribution is -0.140. The highest BCUT2D eigenvalue weighted by molar-refractivity contribution is 5.91. The first-order valence-corrected chi connectivity index (χ1v) is 6.85. The molecule has 2 aliphatic heterocycles. The summed E-state index contributed by atoms with van der Waals surface area (Å²) in [4.78, 5) is 11.7. The first-order valence-electron chi connectivity index (χ1n) is 6.85. The summed E-state index contributed by atoms with van der Waals surface area (Å²) in [6.45, 7) is 7.81. The lowest BCUT2D eigenvalue weighted by atomic mass is 9.83. The van der Waals surface area contributed by atoms with Crippen molar-refractivity contribution in [2.75, 3.05) is 0 Å². The number of hydrogen-bond donors (Lipinski definition) is 1. The molecule has 5 atom stereocenters. The lowest BCUT2D eigenvalue weighted by Crippen LogP contribution is -2.31. The number of aliphatic hydroxyl groups is 1. The first-order chi connectivity index (χ1) is 8.92. The van der Waals surface area contributed by atoms with E-state index in [0.717, 1.165) is 18.4 Å². The molecule has 2 heterocycles. The molecule has 1 aliphatic carbocycles. The Morgan fingerprint density at radius 2 is 2.26 bits per heavy atom. The van der Waals surface area contributed by atoms with Crippen LogP contribution in [0, 0.1) is 5.92 Å². The quantitative estimate of drug-likeness (QED) is 0.313. The molecule has 0 radical (unpaired) electrons. The van der Waals surface area contributed by atoms with E-state index in [4.69, 9.17) is 9.47 Å². The number of epoxide rings is 1. The molecule has 1 N–H and O–H groups in total. The summed E-state index contributed by atoms with van der Waals surface area (Å²) in [5.41, 5.74) is 1.22. The minimum absolute atomic E-state index is 0.0558. The highest BCUT2D eigenvalue weighted by atomic mass is 16.6. The molecule has 4 heteroatoms. The second kappa shape index (κ2) is 4.18. The summed E-state index contributed by atoms with van der Waals surface area (Å²) in [6, 6.07) is 0. The number of ether oxygens (including phenoxy) is 2. The Bertz CT molecular complexity index is 467. The van der Waals surface area contributed by atoms with Crippen LogP contribution in [0.2, 0.25) is 0 Å². The third kappa shape index (κ3) is 2.03. The summed E-state index contributed by atoms with van der Waals surface area (Å²) in [5.74, 6) is -0.489. The van der Waals surface area contributed by atoms with E-state index in [1.165, 1.54) is 0 Å².